The van der Waals surface area contributed by atoms with Crippen LogP contribution in [0.2, 0.25) is 0 Å². The van der Waals surface area contributed by atoms with Gasteiger partial charge in [-0.05, 0) is 45.4 Å². The van der Waals surface area contributed by atoms with Crippen molar-refractivity contribution in [3.8, 4) is 0 Å². The first kappa shape index (κ1) is 11.2. The van der Waals surface area contributed by atoms with Crippen LogP contribution in [-0.4, -0.2) is 19.9 Å². The Morgan fingerprint density at radius 3 is 2.41 bits per heavy atom. The van der Waals surface area contributed by atoms with E-state index in [4.69, 9.17) is 0 Å². The van der Waals surface area contributed by atoms with Gasteiger partial charge in [0.1, 0.15) is 12.4 Å². The Morgan fingerprint density at radius 1 is 1.24 bits per heavy atom. The van der Waals surface area contributed by atoms with Crippen molar-refractivity contribution in [2.24, 2.45) is 11.8 Å². The van der Waals surface area contributed by atoms with Crippen LogP contribution in [0.4, 0.5) is 0 Å². The zero-order valence-corrected chi connectivity index (χ0v) is 10.8. The predicted molar refractivity (Wildman–Crippen MR) is 64.5 cm³/mol. The molecule has 1 aromatic rings. The van der Waals surface area contributed by atoms with Crippen molar-refractivity contribution in [1.29, 1.82) is 0 Å². The summed E-state index contributed by atoms with van der Waals surface area (Å²) in [6, 6.07) is 0. The molecule has 17 heavy (non-hydrogen) atoms. The van der Waals surface area contributed by atoms with Gasteiger partial charge in [0, 0.05) is 11.5 Å². The van der Waals surface area contributed by atoms with Crippen LogP contribution in [-0.2, 0) is 12.1 Å². The van der Waals surface area contributed by atoms with Crippen molar-refractivity contribution >= 4 is 0 Å². The Bertz CT molecular complexity index is 422. The van der Waals surface area contributed by atoms with E-state index in [-0.39, 0.29) is 12.1 Å². The average Bonchev–Trinajstić information content (AvgIpc) is 2.72. The van der Waals surface area contributed by atoms with Crippen molar-refractivity contribution in [3.05, 3.63) is 11.6 Å². The molecule has 3 rings (SSSR count). The summed E-state index contributed by atoms with van der Waals surface area (Å²) in [5.74, 6) is 4.10. The number of nitrogens with zero attached hydrogens (tertiary/aromatic N) is 3. The number of aliphatic hydroxyl groups excluding tert-OH is 1. The maximum atomic E-state index is 9.38. The van der Waals surface area contributed by atoms with E-state index < -0.39 is 0 Å². The fourth-order valence-corrected chi connectivity index (χ4v) is 3.58. The lowest BCUT2D eigenvalue weighted by Crippen LogP contribution is -2.26. The normalized spacial score (nSPS) is 31.6. The standard InChI is InChI=1S/C13H21N3O/c1-13(2,3)16-10(7-17)14-15-12(16)11-8-5-4-6-9(8)11/h8-9,11,17H,4-7H2,1-3H3. The summed E-state index contributed by atoms with van der Waals surface area (Å²) in [5, 5.41) is 17.9. The Labute approximate surface area is 102 Å². The molecular weight excluding hydrogens is 214 g/mol. The molecule has 2 unspecified atom stereocenters. The van der Waals surface area contributed by atoms with Gasteiger partial charge in [-0.15, -0.1) is 10.2 Å². The molecule has 2 aliphatic rings. The van der Waals surface area contributed by atoms with E-state index in [1.54, 1.807) is 0 Å². The lowest BCUT2D eigenvalue weighted by molar-refractivity contribution is 0.247. The number of fused-ring (bicyclic) bond motifs is 1. The summed E-state index contributed by atoms with van der Waals surface area (Å²) >= 11 is 0. The number of aliphatic hydroxyl groups is 1. The minimum Gasteiger partial charge on any atom is -0.388 e. The van der Waals surface area contributed by atoms with Crippen LogP contribution in [0.15, 0.2) is 0 Å². The van der Waals surface area contributed by atoms with Gasteiger partial charge in [0.25, 0.3) is 0 Å². The Balaban J connectivity index is 1.98. The van der Waals surface area contributed by atoms with Crippen molar-refractivity contribution in [1.82, 2.24) is 14.8 Å². The highest BCUT2D eigenvalue weighted by Crippen LogP contribution is 2.62. The van der Waals surface area contributed by atoms with E-state index in [0.717, 1.165) is 17.7 Å². The molecule has 2 aliphatic carbocycles. The lowest BCUT2D eigenvalue weighted by atomic mass is 10.1. The van der Waals surface area contributed by atoms with E-state index in [1.807, 2.05) is 0 Å². The van der Waals surface area contributed by atoms with Gasteiger partial charge in [-0.3, -0.25) is 0 Å². The lowest BCUT2D eigenvalue weighted by Gasteiger charge is -2.25. The monoisotopic (exact) mass is 235 g/mol. The zero-order chi connectivity index (χ0) is 12.2. The largest absolute Gasteiger partial charge is 0.388 e. The second-order valence-corrected chi connectivity index (χ2v) is 6.42. The predicted octanol–water partition coefficient (Wildman–Crippen LogP) is 2.04. The molecule has 1 N–H and O–H groups in total. The Hall–Kier alpha value is -0.900. The molecule has 0 bridgehead atoms. The van der Waals surface area contributed by atoms with Crippen LogP contribution < -0.4 is 0 Å². The SMILES string of the molecule is CC(C)(C)n1c(CO)nnc1C1C2CCCC21. The molecule has 2 atom stereocenters. The van der Waals surface area contributed by atoms with Crippen LogP contribution in [0, 0.1) is 11.8 Å². The third-order valence-electron chi connectivity index (χ3n) is 4.27. The molecule has 1 heterocycles. The van der Waals surface area contributed by atoms with E-state index in [2.05, 4.69) is 35.5 Å². The van der Waals surface area contributed by atoms with E-state index in [9.17, 15) is 5.11 Å². The smallest absolute Gasteiger partial charge is 0.159 e. The molecule has 0 aromatic carbocycles. The molecule has 0 radical (unpaired) electrons. The Kier molecular flexibility index (Phi) is 2.34. The highest BCUT2D eigenvalue weighted by molar-refractivity contribution is 5.20. The average molecular weight is 235 g/mol. The molecule has 0 spiro atoms. The van der Waals surface area contributed by atoms with Crippen LogP contribution in [0.5, 0.6) is 0 Å². The highest BCUT2D eigenvalue weighted by Gasteiger charge is 2.56. The first-order valence-corrected chi connectivity index (χ1v) is 6.59. The highest BCUT2D eigenvalue weighted by atomic mass is 16.3. The summed E-state index contributed by atoms with van der Waals surface area (Å²) in [6.07, 6.45) is 4.07. The van der Waals surface area contributed by atoms with Gasteiger partial charge in [0.15, 0.2) is 5.82 Å². The third-order valence-corrected chi connectivity index (χ3v) is 4.27. The quantitative estimate of drug-likeness (QED) is 0.853. The second-order valence-electron chi connectivity index (χ2n) is 6.42. The summed E-state index contributed by atoms with van der Waals surface area (Å²) < 4.78 is 2.15. The van der Waals surface area contributed by atoms with E-state index in [0.29, 0.717) is 11.7 Å². The second kappa shape index (κ2) is 3.55. The van der Waals surface area contributed by atoms with Crippen LogP contribution in [0.3, 0.4) is 0 Å². The van der Waals surface area contributed by atoms with Crippen molar-refractivity contribution < 1.29 is 5.11 Å². The molecule has 0 saturated heterocycles. The summed E-state index contributed by atoms with van der Waals surface area (Å²) in [6.45, 7) is 6.43. The molecule has 94 valence electrons. The zero-order valence-electron chi connectivity index (χ0n) is 10.8. The van der Waals surface area contributed by atoms with Crippen molar-refractivity contribution in [3.63, 3.8) is 0 Å². The first-order chi connectivity index (χ1) is 8.04. The van der Waals surface area contributed by atoms with Crippen molar-refractivity contribution in [2.75, 3.05) is 0 Å². The van der Waals surface area contributed by atoms with Crippen LogP contribution >= 0.6 is 0 Å². The minimum absolute atomic E-state index is 0.0215. The summed E-state index contributed by atoms with van der Waals surface area (Å²) in [4.78, 5) is 0. The first-order valence-electron chi connectivity index (χ1n) is 6.59. The third kappa shape index (κ3) is 1.61. The fraction of sp³-hybridized carbons (Fsp3) is 0.846. The number of hydrogen-bond donors (Lipinski definition) is 1. The van der Waals surface area contributed by atoms with Gasteiger partial charge in [-0.1, -0.05) is 6.42 Å². The maximum absolute atomic E-state index is 9.38. The van der Waals surface area contributed by atoms with E-state index in [1.165, 1.54) is 19.3 Å². The molecule has 2 saturated carbocycles. The molecular formula is C13H21N3O. The van der Waals surface area contributed by atoms with Crippen LogP contribution in [0.1, 0.15) is 57.6 Å². The van der Waals surface area contributed by atoms with Gasteiger partial charge >= 0.3 is 0 Å². The van der Waals surface area contributed by atoms with Gasteiger partial charge in [-0.25, -0.2) is 0 Å². The van der Waals surface area contributed by atoms with Crippen molar-refractivity contribution in [2.45, 2.75) is 58.1 Å². The number of hydrogen-bond acceptors (Lipinski definition) is 3. The molecule has 1 aromatic heterocycles. The number of aromatic nitrogens is 3. The van der Waals surface area contributed by atoms with Gasteiger partial charge in [0.2, 0.25) is 0 Å². The minimum atomic E-state index is -0.0478. The Morgan fingerprint density at radius 2 is 1.88 bits per heavy atom. The molecule has 2 fully saturated rings. The summed E-state index contributed by atoms with van der Waals surface area (Å²) in [5.41, 5.74) is -0.0478. The molecule has 0 amide bonds. The fourth-order valence-electron chi connectivity index (χ4n) is 3.58. The molecule has 0 aliphatic heterocycles. The van der Waals surface area contributed by atoms with Crippen LogP contribution in [0.25, 0.3) is 0 Å². The summed E-state index contributed by atoms with van der Waals surface area (Å²) in [7, 11) is 0. The molecule has 4 heteroatoms. The van der Waals surface area contributed by atoms with Gasteiger partial charge in [-0.2, -0.15) is 0 Å². The number of rotatable bonds is 2. The van der Waals surface area contributed by atoms with E-state index >= 15 is 0 Å². The van der Waals surface area contributed by atoms with Gasteiger partial charge in [0.05, 0.1) is 0 Å². The topological polar surface area (TPSA) is 50.9 Å². The maximum Gasteiger partial charge on any atom is 0.159 e. The van der Waals surface area contributed by atoms with Gasteiger partial charge < -0.3 is 9.67 Å². The molecule has 4 nitrogen and oxygen atoms in total.